The first kappa shape index (κ1) is 21.0. The van der Waals surface area contributed by atoms with Gasteiger partial charge in [-0.1, -0.05) is 18.2 Å². The van der Waals surface area contributed by atoms with Crippen LogP contribution in [0.25, 0.3) is 11.0 Å². The van der Waals surface area contributed by atoms with Gasteiger partial charge in [-0.05, 0) is 90.5 Å². The molecule has 4 rings (SSSR count). The van der Waals surface area contributed by atoms with Gasteiger partial charge in [0.15, 0.2) is 0 Å². The van der Waals surface area contributed by atoms with Crippen molar-refractivity contribution in [3.63, 3.8) is 0 Å². The van der Waals surface area contributed by atoms with Crippen LogP contribution in [-0.4, -0.2) is 52.0 Å². The SMILES string of the molecule is Cc1cccnc1[C@@H]1CCC[C@H](c2nc3ccccc3n2CCCCN(C)C)N1C. The lowest BCUT2D eigenvalue weighted by Gasteiger charge is -2.39. The summed E-state index contributed by atoms with van der Waals surface area (Å²) in [6.07, 6.45) is 7.83. The molecule has 3 heterocycles. The van der Waals surface area contributed by atoms with Gasteiger partial charge < -0.3 is 9.47 Å². The zero-order valence-electron chi connectivity index (χ0n) is 18.9. The highest BCUT2D eigenvalue weighted by Gasteiger charge is 2.34. The molecule has 3 aromatic rings. The molecule has 2 atom stereocenters. The summed E-state index contributed by atoms with van der Waals surface area (Å²) in [6.45, 7) is 4.34. The summed E-state index contributed by atoms with van der Waals surface area (Å²) in [4.78, 5) is 14.7. The van der Waals surface area contributed by atoms with Crippen LogP contribution in [0.2, 0.25) is 0 Å². The van der Waals surface area contributed by atoms with E-state index in [-0.39, 0.29) is 0 Å². The molecule has 2 aromatic heterocycles. The molecule has 5 heteroatoms. The zero-order valence-corrected chi connectivity index (χ0v) is 18.9. The molecule has 1 aliphatic heterocycles. The Bertz CT molecular complexity index is 977. The highest BCUT2D eigenvalue weighted by Crippen LogP contribution is 2.41. The summed E-state index contributed by atoms with van der Waals surface area (Å²) in [5.74, 6) is 1.22. The van der Waals surface area contributed by atoms with Gasteiger partial charge in [0, 0.05) is 12.7 Å². The molecule has 0 saturated carbocycles. The van der Waals surface area contributed by atoms with Crippen LogP contribution in [0.15, 0.2) is 42.6 Å². The summed E-state index contributed by atoms with van der Waals surface area (Å²) in [5.41, 5.74) is 4.89. The minimum absolute atomic E-state index is 0.325. The van der Waals surface area contributed by atoms with Crippen molar-refractivity contribution >= 4 is 11.0 Å². The van der Waals surface area contributed by atoms with E-state index in [0.29, 0.717) is 12.1 Å². The number of para-hydroxylation sites is 2. The topological polar surface area (TPSA) is 37.2 Å². The number of fused-ring (bicyclic) bond motifs is 1. The van der Waals surface area contributed by atoms with Crippen molar-refractivity contribution in [2.45, 2.75) is 57.7 Å². The minimum atomic E-state index is 0.325. The van der Waals surface area contributed by atoms with Crippen molar-refractivity contribution < 1.29 is 0 Å². The van der Waals surface area contributed by atoms with E-state index in [1.807, 2.05) is 12.3 Å². The normalized spacial score (nSPS) is 20.3. The van der Waals surface area contributed by atoms with E-state index in [9.17, 15) is 0 Å². The molecule has 1 aromatic carbocycles. The Morgan fingerprint density at radius 3 is 2.63 bits per heavy atom. The maximum absolute atomic E-state index is 5.14. The standard InChI is InChI=1S/C25H35N5/c1-19-11-10-16-26-24(19)22-14-9-15-23(29(22)4)25-27-20-12-5-6-13-21(20)30(25)18-8-7-17-28(2)3/h5-6,10-13,16,22-23H,7-9,14-15,17-18H2,1-4H3/t22-,23+/m0/s1. The van der Waals surface area contributed by atoms with Crippen LogP contribution in [0, 0.1) is 6.92 Å². The molecule has 0 unspecified atom stereocenters. The first-order valence-electron chi connectivity index (χ1n) is 11.3. The third-order valence-corrected chi connectivity index (χ3v) is 6.52. The number of nitrogens with zero attached hydrogens (tertiary/aromatic N) is 5. The predicted molar refractivity (Wildman–Crippen MR) is 124 cm³/mol. The summed E-state index contributed by atoms with van der Waals surface area (Å²) < 4.78 is 2.49. The Morgan fingerprint density at radius 1 is 1.03 bits per heavy atom. The van der Waals surface area contributed by atoms with Gasteiger partial charge in [0.25, 0.3) is 0 Å². The molecule has 0 amide bonds. The molecule has 0 N–H and O–H groups in total. The number of aryl methyl sites for hydroxylation is 2. The molecule has 30 heavy (non-hydrogen) atoms. The number of hydrogen-bond donors (Lipinski definition) is 0. The van der Waals surface area contributed by atoms with E-state index in [1.165, 1.54) is 41.9 Å². The van der Waals surface area contributed by atoms with Crippen LogP contribution in [0.1, 0.15) is 61.3 Å². The first-order chi connectivity index (χ1) is 14.6. The fourth-order valence-electron chi connectivity index (χ4n) is 4.90. The minimum Gasteiger partial charge on any atom is -0.327 e. The van der Waals surface area contributed by atoms with Crippen molar-refractivity contribution in [3.05, 3.63) is 59.7 Å². The average molecular weight is 406 g/mol. The Hall–Kier alpha value is -2.24. The first-order valence-corrected chi connectivity index (χ1v) is 11.3. The van der Waals surface area contributed by atoms with E-state index in [2.05, 4.69) is 72.8 Å². The Balaban J connectivity index is 1.64. The van der Waals surface area contributed by atoms with Gasteiger partial charge in [-0.2, -0.15) is 0 Å². The number of aromatic nitrogens is 3. The summed E-state index contributed by atoms with van der Waals surface area (Å²) in [7, 11) is 6.56. The molecule has 1 saturated heterocycles. The lowest BCUT2D eigenvalue weighted by atomic mass is 9.92. The van der Waals surface area contributed by atoms with Gasteiger partial charge in [0.2, 0.25) is 0 Å². The number of benzene rings is 1. The van der Waals surface area contributed by atoms with Gasteiger partial charge in [-0.15, -0.1) is 0 Å². The quantitative estimate of drug-likeness (QED) is 0.520. The summed E-state index contributed by atoms with van der Waals surface area (Å²) >= 11 is 0. The lowest BCUT2D eigenvalue weighted by Crippen LogP contribution is -2.35. The van der Waals surface area contributed by atoms with E-state index in [1.54, 1.807) is 0 Å². The van der Waals surface area contributed by atoms with Gasteiger partial charge in [-0.25, -0.2) is 4.98 Å². The summed E-state index contributed by atoms with van der Waals surface area (Å²) in [5, 5.41) is 0. The van der Waals surface area contributed by atoms with Crippen molar-refractivity contribution in [1.29, 1.82) is 0 Å². The summed E-state index contributed by atoms with van der Waals surface area (Å²) in [6, 6.07) is 13.5. The molecule has 0 aliphatic carbocycles. The highest BCUT2D eigenvalue weighted by atomic mass is 15.2. The van der Waals surface area contributed by atoms with Crippen molar-refractivity contribution in [1.82, 2.24) is 24.3 Å². The maximum atomic E-state index is 5.14. The second-order valence-corrected chi connectivity index (χ2v) is 8.95. The third-order valence-electron chi connectivity index (χ3n) is 6.52. The molecule has 0 spiro atoms. The fraction of sp³-hybridized carbons (Fsp3) is 0.520. The average Bonchev–Trinajstić information content (AvgIpc) is 3.10. The van der Waals surface area contributed by atoms with Crippen LogP contribution in [0.5, 0.6) is 0 Å². The van der Waals surface area contributed by atoms with Gasteiger partial charge >= 0.3 is 0 Å². The van der Waals surface area contributed by atoms with E-state index >= 15 is 0 Å². The van der Waals surface area contributed by atoms with Gasteiger partial charge in [0.1, 0.15) is 5.82 Å². The van der Waals surface area contributed by atoms with E-state index in [0.717, 1.165) is 31.4 Å². The lowest BCUT2D eigenvalue weighted by molar-refractivity contribution is 0.103. The molecular weight excluding hydrogens is 370 g/mol. The van der Waals surface area contributed by atoms with Gasteiger partial charge in [0.05, 0.1) is 28.8 Å². The van der Waals surface area contributed by atoms with Crippen LogP contribution < -0.4 is 0 Å². The Morgan fingerprint density at radius 2 is 1.83 bits per heavy atom. The van der Waals surface area contributed by atoms with Crippen molar-refractivity contribution in [2.75, 3.05) is 27.7 Å². The predicted octanol–water partition coefficient (Wildman–Crippen LogP) is 4.98. The highest BCUT2D eigenvalue weighted by molar-refractivity contribution is 5.76. The smallest absolute Gasteiger partial charge is 0.127 e. The second-order valence-electron chi connectivity index (χ2n) is 8.95. The number of hydrogen-bond acceptors (Lipinski definition) is 4. The van der Waals surface area contributed by atoms with E-state index in [4.69, 9.17) is 9.97 Å². The number of imidazole rings is 1. The van der Waals surface area contributed by atoms with Crippen LogP contribution in [-0.2, 0) is 6.54 Å². The van der Waals surface area contributed by atoms with Gasteiger partial charge in [-0.3, -0.25) is 9.88 Å². The number of likely N-dealkylation sites (tertiary alicyclic amines) is 1. The molecule has 160 valence electrons. The van der Waals surface area contributed by atoms with Crippen molar-refractivity contribution in [2.24, 2.45) is 0 Å². The number of unbranched alkanes of at least 4 members (excludes halogenated alkanes) is 1. The van der Waals surface area contributed by atoms with Crippen LogP contribution in [0.4, 0.5) is 0 Å². The molecule has 1 aliphatic rings. The fourth-order valence-corrected chi connectivity index (χ4v) is 4.90. The largest absolute Gasteiger partial charge is 0.327 e. The maximum Gasteiger partial charge on any atom is 0.127 e. The monoisotopic (exact) mass is 405 g/mol. The number of piperidine rings is 1. The third kappa shape index (κ3) is 4.28. The molecule has 1 fully saturated rings. The Labute approximate surface area is 180 Å². The molecular formula is C25H35N5. The number of pyridine rings is 1. The second kappa shape index (κ2) is 9.27. The van der Waals surface area contributed by atoms with Crippen LogP contribution >= 0.6 is 0 Å². The Kier molecular flexibility index (Phi) is 6.49. The molecule has 5 nitrogen and oxygen atoms in total. The molecule has 0 bridgehead atoms. The number of rotatable bonds is 7. The van der Waals surface area contributed by atoms with Crippen molar-refractivity contribution in [3.8, 4) is 0 Å². The van der Waals surface area contributed by atoms with Crippen LogP contribution in [0.3, 0.4) is 0 Å². The zero-order chi connectivity index (χ0) is 21.1. The molecule has 0 radical (unpaired) electrons. The van der Waals surface area contributed by atoms with E-state index < -0.39 is 0 Å².